The van der Waals surface area contributed by atoms with Crippen molar-refractivity contribution < 1.29 is 9.90 Å². The summed E-state index contributed by atoms with van der Waals surface area (Å²) in [6.07, 6.45) is 9.78. The van der Waals surface area contributed by atoms with Gasteiger partial charge in [0.05, 0.1) is 5.92 Å². The maximum absolute atomic E-state index is 10.8. The average molecular weight is 234 g/mol. The Morgan fingerprint density at radius 2 is 1.71 bits per heavy atom. The molecule has 1 rings (SSSR count). The van der Waals surface area contributed by atoms with Gasteiger partial charge in [-0.3, -0.25) is 4.79 Å². The van der Waals surface area contributed by atoms with Crippen LogP contribution in [0.15, 0.2) is 36.0 Å². The van der Waals surface area contributed by atoms with Gasteiger partial charge in [0, 0.05) is 0 Å². The SMILES string of the molecule is C=C(C)/C=C/C=C(\C)C1CCC(C(=O)O)CC1. The molecule has 0 saturated heterocycles. The highest BCUT2D eigenvalue weighted by Gasteiger charge is 2.26. The van der Waals surface area contributed by atoms with Gasteiger partial charge in [0.1, 0.15) is 0 Å². The van der Waals surface area contributed by atoms with Crippen LogP contribution in [0.4, 0.5) is 0 Å². The molecule has 0 aromatic rings. The van der Waals surface area contributed by atoms with Crippen molar-refractivity contribution >= 4 is 5.97 Å². The van der Waals surface area contributed by atoms with Crippen LogP contribution in [0.1, 0.15) is 39.5 Å². The standard InChI is InChI=1S/C15H22O2/c1-11(2)5-4-6-12(3)13-7-9-14(10-8-13)15(16)17/h4-6,13-14H,1,7-10H2,2-3H3,(H,16,17)/b5-4+,12-6+. The summed E-state index contributed by atoms with van der Waals surface area (Å²) in [5.74, 6) is -0.197. The molecule has 2 heteroatoms. The summed E-state index contributed by atoms with van der Waals surface area (Å²) >= 11 is 0. The van der Waals surface area contributed by atoms with E-state index in [-0.39, 0.29) is 5.92 Å². The number of carbonyl (C=O) groups is 1. The quantitative estimate of drug-likeness (QED) is 0.748. The lowest BCUT2D eigenvalue weighted by Crippen LogP contribution is -2.21. The van der Waals surface area contributed by atoms with Crippen molar-refractivity contribution in [1.82, 2.24) is 0 Å². The highest BCUT2D eigenvalue weighted by atomic mass is 16.4. The lowest BCUT2D eigenvalue weighted by molar-refractivity contribution is -0.143. The van der Waals surface area contributed by atoms with Crippen molar-refractivity contribution in [2.24, 2.45) is 11.8 Å². The van der Waals surface area contributed by atoms with Crippen molar-refractivity contribution in [3.63, 3.8) is 0 Å². The zero-order chi connectivity index (χ0) is 12.8. The van der Waals surface area contributed by atoms with E-state index in [0.29, 0.717) is 5.92 Å². The minimum atomic E-state index is -0.632. The van der Waals surface area contributed by atoms with Crippen LogP contribution in [0.5, 0.6) is 0 Å². The Labute approximate surface area is 104 Å². The number of aliphatic carboxylic acids is 1. The zero-order valence-corrected chi connectivity index (χ0v) is 10.8. The van der Waals surface area contributed by atoms with Gasteiger partial charge in [-0.2, -0.15) is 0 Å². The molecule has 1 saturated carbocycles. The molecule has 2 nitrogen and oxygen atoms in total. The largest absolute Gasteiger partial charge is 0.481 e. The number of carboxylic acid groups (broad SMARTS) is 1. The van der Waals surface area contributed by atoms with Gasteiger partial charge < -0.3 is 5.11 Å². The monoisotopic (exact) mass is 234 g/mol. The van der Waals surface area contributed by atoms with Crippen LogP contribution in [0, 0.1) is 11.8 Å². The second-order valence-electron chi connectivity index (χ2n) is 5.00. The summed E-state index contributed by atoms with van der Waals surface area (Å²) in [5, 5.41) is 8.93. The third kappa shape index (κ3) is 4.59. The molecule has 0 heterocycles. The van der Waals surface area contributed by atoms with Gasteiger partial charge in [-0.25, -0.2) is 0 Å². The topological polar surface area (TPSA) is 37.3 Å². The molecule has 0 bridgehead atoms. The summed E-state index contributed by atoms with van der Waals surface area (Å²) < 4.78 is 0. The first-order valence-corrected chi connectivity index (χ1v) is 6.24. The fourth-order valence-corrected chi connectivity index (χ4v) is 2.30. The first kappa shape index (κ1) is 13.8. The fourth-order valence-electron chi connectivity index (χ4n) is 2.30. The Balaban J connectivity index is 2.48. The van der Waals surface area contributed by atoms with Gasteiger partial charge in [0.25, 0.3) is 0 Å². The van der Waals surface area contributed by atoms with E-state index in [9.17, 15) is 4.79 Å². The maximum atomic E-state index is 10.8. The molecular weight excluding hydrogens is 212 g/mol. The number of hydrogen-bond acceptors (Lipinski definition) is 1. The molecule has 0 atom stereocenters. The normalized spacial score (nSPS) is 26.1. The Morgan fingerprint density at radius 3 is 2.18 bits per heavy atom. The van der Waals surface area contributed by atoms with Crippen molar-refractivity contribution in [3.8, 4) is 0 Å². The molecule has 94 valence electrons. The minimum absolute atomic E-state index is 0.120. The highest BCUT2D eigenvalue weighted by molar-refractivity contribution is 5.70. The highest BCUT2D eigenvalue weighted by Crippen LogP contribution is 2.33. The van der Waals surface area contributed by atoms with E-state index in [4.69, 9.17) is 5.11 Å². The third-order valence-corrected chi connectivity index (χ3v) is 3.46. The Kier molecular flexibility index (Phi) is 5.20. The molecule has 0 spiro atoms. The van der Waals surface area contributed by atoms with Crippen LogP contribution in [0.3, 0.4) is 0 Å². The number of allylic oxidation sites excluding steroid dienone is 5. The van der Waals surface area contributed by atoms with Gasteiger partial charge in [-0.05, 0) is 45.4 Å². The Bertz CT molecular complexity index is 342. The third-order valence-electron chi connectivity index (χ3n) is 3.46. The van der Waals surface area contributed by atoms with E-state index in [0.717, 1.165) is 31.3 Å². The molecular formula is C15H22O2. The molecule has 1 aliphatic rings. The molecule has 0 amide bonds. The van der Waals surface area contributed by atoms with Gasteiger partial charge in [-0.1, -0.05) is 36.0 Å². The lowest BCUT2D eigenvalue weighted by atomic mass is 9.79. The molecule has 1 N–H and O–H groups in total. The summed E-state index contributed by atoms with van der Waals surface area (Å²) in [4.78, 5) is 10.8. The second kappa shape index (κ2) is 6.43. The minimum Gasteiger partial charge on any atom is -0.481 e. The molecule has 1 fully saturated rings. The van der Waals surface area contributed by atoms with Crippen molar-refractivity contribution in [2.75, 3.05) is 0 Å². The van der Waals surface area contributed by atoms with E-state index in [1.165, 1.54) is 5.57 Å². The van der Waals surface area contributed by atoms with E-state index < -0.39 is 5.97 Å². The number of hydrogen-bond donors (Lipinski definition) is 1. The molecule has 1 aliphatic carbocycles. The van der Waals surface area contributed by atoms with Crippen LogP contribution in [0.2, 0.25) is 0 Å². The Hall–Kier alpha value is -1.31. The molecule has 0 aromatic carbocycles. The Morgan fingerprint density at radius 1 is 1.18 bits per heavy atom. The van der Waals surface area contributed by atoms with Crippen molar-refractivity contribution in [2.45, 2.75) is 39.5 Å². The van der Waals surface area contributed by atoms with Crippen LogP contribution in [0.25, 0.3) is 0 Å². The van der Waals surface area contributed by atoms with Gasteiger partial charge in [0.15, 0.2) is 0 Å². The number of carboxylic acids is 1. The van der Waals surface area contributed by atoms with Gasteiger partial charge in [-0.15, -0.1) is 0 Å². The van der Waals surface area contributed by atoms with Gasteiger partial charge in [0.2, 0.25) is 0 Å². The first-order chi connectivity index (χ1) is 8.00. The van der Waals surface area contributed by atoms with E-state index in [2.05, 4.69) is 19.6 Å². The van der Waals surface area contributed by atoms with E-state index >= 15 is 0 Å². The van der Waals surface area contributed by atoms with Gasteiger partial charge >= 0.3 is 5.97 Å². The predicted molar refractivity (Wildman–Crippen MR) is 70.8 cm³/mol. The lowest BCUT2D eigenvalue weighted by Gasteiger charge is -2.26. The van der Waals surface area contributed by atoms with E-state index in [1.807, 2.05) is 19.1 Å². The van der Waals surface area contributed by atoms with E-state index in [1.54, 1.807) is 0 Å². The zero-order valence-electron chi connectivity index (χ0n) is 10.8. The predicted octanol–water partition coefficient (Wildman–Crippen LogP) is 3.96. The van der Waals surface area contributed by atoms with Crippen LogP contribution >= 0.6 is 0 Å². The van der Waals surface area contributed by atoms with Crippen LogP contribution < -0.4 is 0 Å². The maximum Gasteiger partial charge on any atom is 0.306 e. The second-order valence-corrected chi connectivity index (χ2v) is 5.00. The van der Waals surface area contributed by atoms with Crippen LogP contribution in [-0.2, 0) is 4.79 Å². The molecule has 0 radical (unpaired) electrons. The molecule has 17 heavy (non-hydrogen) atoms. The first-order valence-electron chi connectivity index (χ1n) is 6.24. The summed E-state index contributed by atoms with van der Waals surface area (Å²) in [5.41, 5.74) is 2.40. The van der Waals surface area contributed by atoms with Crippen LogP contribution in [-0.4, -0.2) is 11.1 Å². The molecule has 0 unspecified atom stereocenters. The molecule has 0 aliphatic heterocycles. The summed E-state index contributed by atoms with van der Waals surface area (Å²) in [7, 11) is 0. The number of rotatable bonds is 4. The fraction of sp³-hybridized carbons (Fsp3) is 0.533. The van der Waals surface area contributed by atoms with Crippen molar-refractivity contribution in [3.05, 3.63) is 36.0 Å². The summed E-state index contributed by atoms with van der Waals surface area (Å²) in [6.45, 7) is 7.92. The smallest absolute Gasteiger partial charge is 0.306 e. The summed E-state index contributed by atoms with van der Waals surface area (Å²) in [6, 6.07) is 0. The van der Waals surface area contributed by atoms with Crippen molar-refractivity contribution in [1.29, 1.82) is 0 Å². The molecule has 0 aromatic heterocycles. The average Bonchev–Trinajstić information content (AvgIpc) is 2.28.